The van der Waals surface area contributed by atoms with Crippen molar-refractivity contribution in [3.05, 3.63) is 66.2 Å². The molecule has 0 amide bonds. The summed E-state index contributed by atoms with van der Waals surface area (Å²) in [5.74, 6) is -1.11. The van der Waals surface area contributed by atoms with Gasteiger partial charge in [0.15, 0.2) is 0 Å². The molecule has 0 aliphatic heterocycles. The average molecular weight is 328 g/mol. The molecular formula is C18H20N2O2S. The molecule has 0 aliphatic rings. The minimum atomic E-state index is -1.11. The third-order valence-electron chi connectivity index (χ3n) is 3.40. The molecule has 0 bridgehead atoms. The van der Waals surface area contributed by atoms with E-state index in [0.717, 1.165) is 30.2 Å². The highest BCUT2D eigenvalue weighted by atomic mass is 32.1. The van der Waals surface area contributed by atoms with Crippen molar-refractivity contribution in [1.82, 2.24) is 4.98 Å². The van der Waals surface area contributed by atoms with E-state index < -0.39 is 5.97 Å². The molecule has 1 aromatic heterocycles. The lowest BCUT2D eigenvalue weighted by Crippen LogP contribution is -3.10. The summed E-state index contributed by atoms with van der Waals surface area (Å²) in [7, 11) is 0. The average Bonchev–Trinajstić information content (AvgIpc) is 2.96. The zero-order valence-corrected chi connectivity index (χ0v) is 13.8. The van der Waals surface area contributed by atoms with Crippen molar-refractivity contribution in [2.45, 2.75) is 13.0 Å². The van der Waals surface area contributed by atoms with Gasteiger partial charge >= 0.3 is 0 Å². The van der Waals surface area contributed by atoms with E-state index in [1.54, 1.807) is 5.38 Å². The summed E-state index contributed by atoms with van der Waals surface area (Å²) in [5, 5.41) is 13.2. The first-order valence-electron chi connectivity index (χ1n) is 7.41. The van der Waals surface area contributed by atoms with Crippen molar-refractivity contribution >= 4 is 17.3 Å². The van der Waals surface area contributed by atoms with Gasteiger partial charge in [-0.2, -0.15) is 0 Å². The van der Waals surface area contributed by atoms with Crippen molar-refractivity contribution < 1.29 is 14.8 Å². The Morgan fingerprint density at radius 1 is 1.22 bits per heavy atom. The molecule has 0 unspecified atom stereocenters. The second-order valence-corrected chi connectivity index (χ2v) is 6.16. The number of carbonyl (C=O) groups excluding carboxylic acids is 1. The fourth-order valence-electron chi connectivity index (χ4n) is 2.36. The Morgan fingerprint density at radius 3 is 2.43 bits per heavy atom. The maximum atomic E-state index is 10.6. The highest BCUT2D eigenvalue weighted by molar-refractivity contribution is 7.13. The quantitative estimate of drug-likeness (QED) is 0.695. The normalized spacial score (nSPS) is 10.7. The van der Waals surface area contributed by atoms with Crippen molar-refractivity contribution in [2.75, 3.05) is 13.1 Å². The van der Waals surface area contributed by atoms with Crippen LogP contribution in [0.5, 0.6) is 0 Å². The molecular weight excluding hydrogens is 308 g/mol. The number of hydrogen-bond acceptors (Lipinski definition) is 4. The number of carbonyl (C=O) groups is 1. The summed E-state index contributed by atoms with van der Waals surface area (Å²) >= 11 is 1.45. The smallest absolute Gasteiger partial charge is 0.123 e. The first-order valence-corrected chi connectivity index (χ1v) is 8.29. The van der Waals surface area contributed by atoms with E-state index in [9.17, 15) is 9.90 Å². The molecule has 5 heteroatoms. The van der Waals surface area contributed by atoms with E-state index >= 15 is 0 Å². The van der Waals surface area contributed by atoms with E-state index in [2.05, 4.69) is 30.3 Å². The number of rotatable bonds is 9. The van der Waals surface area contributed by atoms with Crippen LogP contribution in [0.2, 0.25) is 0 Å². The number of nitrogens with one attached hydrogen (secondary N) is 1. The molecule has 4 nitrogen and oxygen atoms in total. The van der Waals surface area contributed by atoms with Crippen LogP contribution in [-0.2, 0) is 17.8 Å². The van der Waals surface area contributed by atoms with Crippen LogP contribution >= 0.6 is 11.3 Å². The largest absolute Gasteiger partial charge is 0.550 e. The van der Waals surface area contributed by atoms with E-state index in [4.69, 9.17) is 0 Å². The Kier molecular flexibility index (Phi) is 6.26. The molecule has 0 aliphatic carbocycles. The molecule has 0 radical (unpaired) electrons. The molecule has 120 valence electrons. The van der Waals surface area contributed by atoms with Crippen molar-refractivity contribution in [1.29, 1.82) is 0 Å². The van der Waals surface area contributed by atoms with E-state index in [1.807, 2.05) is 24.3 Å². The van der Waals surface area contributed by atoms with Crippen LogP contribution in [0.3, 0.4) is 0 Å². The maximum absolute atomic E-state index is 10.6. The van der Waals surface area contributed by atoms with Gasteiger partial charge in [0.1, 0.15) is 11.6 Å². The molecule has 1 heterocycles. The summed E-state index contributed by atoms with van der Waals surface area (Å²) in [4.78, 5) is 16.3. The van der Waals surface area contributed by atoms with Gasteiger partial charge in [-0.05, 0) is 12.2 Å². The first-order chi connectivity index (χ1) is 11.1. The number of aliphatic carboxylic acids is 1. The van der Waals surface area contributed by atoms with Gasteiger partial charge in [-0.3, -0.25) is 0 Å². The maximum Gasteiger partial charge on any atom is 0.123 e. The zero-order chi connectivity index (χ0) is 16.7. The number of quaternary nitrogens is 1. The standard InChI is InChI=1S/C18H20N2O2S/c1-3-9-20(10-4-2)12-14-5-7-15(8-6-14)18-19-16(13-23-18)11-17(21)22/h3-8,13H,1-2,9-12H2,(H,21,22). The lowest BCUT2D eigenvalue weighted by Gasteiger charge is -2.16. The number of aromatic nitrogens is 1. The molecule has 23 heavy (non-hydrogen) atoms. The van der Waals surface area contributed by atoms with Crippen LogP contribution in [-0.4, -0.2) is 24.0 Å². The Hall–Kier alpha value is -2.24. The second-order valence-electron chi connectivity index (χ2n) is 5.30. The van der Waals surface area contributed by atoms with Crippen LogP contribution in [0.15, 0.2) is 55.0 Å². The molecule has 0 atom stereocenters. The topological polar surface area (TPSA) is 57.5 Å². The lowest BCUT2D eigenvalue weighted by atomic mass is 10.1. The second kappa shape index (κ2) is 8.41. The number of carboxylic acid groups (broad SMARTS) is 1. The van der Waals surface area contributed by atoms with Gasteiger partial charge in [-0.1, -0.05) is 37.4 Å². The summed E-state index contributed by atoms with van der Waals surface area (Å²) in [6.07, 6.45) is 3.69. The van der Waals surface area contributed by atoms with Gasteiger partial charge < -0.3 is 14.8 Å². The third-order valence-corrected chi connectivity index (χ3v) is 4.34. The number of benzene rings is 1. The van der Waals surface area contributed by atoms with Gasteiger partial charge in [0.2, 0.25) is 0 Å². The van der Waals surface area contributed by atoms with Crippen LogP contribution in [0, 0.1) is 0 Å². The molecule has 0 spiro atoms. The minimum Gasteiger partial charge on any atom is -0.550 e. The molecule has 1 aromatic carbocycles. The van der Waals surface area contributed by atoms with Gasteiger partial charge in [-0.25, -0.2) is 4.98 Å². The zero-order valence-electron chi connectivity index (χ0n) is 13.0. The van der Waals surface area contributed by atoms with Crippen molar-refractivity contribution in [3.63, 3.8) is 0 Å². The molecule has 2 aromatic rings. The lowest BCUT2D eigenvalue weighted by molar-refractivity contribution is -0.902. The van der Waals surface area contributed by atoms with Gasteiger partial charge in [-0.15, -0.1) is 11.3 Å². The molecule has 2 rings (SSSR count). The number of thiazole rings is 1. The first kappa shape index (κ1) is 17.1. The van der Waals surface area contributed by atoms with Crippen molar-refractivity contribution in [3.8, 4) is 10.6 Å². The Labute approximate surface area is 140 Å². The summed E-state index contributed by atoms with van der Waals surface area (Å²) in [6.45, 7) is 10.3. The van der Waals surface area contributed by atoms with Crippen LogP contribution < -0.4 is 10.0 Å². The molecule has 0 fully saturated rings. The van der Waals surface area contributed by atoms with E-state index in [0.29, 0.717) is 5.69 Å². The minimum absolute atomic E-state index is 0.143. The van der Waals surface area contributed by atoms with Gasteiger partial charge in [0.05, 0.1) is 18.8 Å². The van der Waals surface area contributed by atoms with E-state index in [-0.39, 0.29) is 6.42 Å². The monoisotopic (exact) mass is 328 g/mol. The number of carboxylic acids is 1. The fraction of sp³-hybridized carbons (Fsp3) is 0.222. The van der Waals surface area contributed by atoms with Crippen LogP contribution in [0.25, 0.3) is 10.6 Å². The summed E-state index contributed by atoms with van der Waals surface area (Å²) < 4.78 is 0. The summed E-state index contributed by atoms with van der Waals surface area (Å²) in [6, 6.07) is 8.22. The van der Waals surface area contributed by atoms with Gasteiger partial charge in [0.25, 0.3) is 0 Å². The Morgan fingerprint density at radius 2 is 1.87 bits per heavy atom. The predicted octanol–water partition coefficient (Wildman–Crippen LogP) is 0.859. The summed E-state index contributed by atoms with van der Waals surface area (Å²) in [5.41, 5.74) is 2.78. The van der Waals surface area contributed by atoms with Gasteiger partial charge in [0, 0.05) is 28.9 Å². The van der Waals surface area contributed by atoms with E-state index in [1.165, 1.54) is 21.8 Å². The number of nitrogens with zero attached hydrogens (tertiary/aromatic N) is 1. The highest BCUT2D eigenvalue weighted by Gasteiger charge is 2.08. The SMILES string of the molecule is C=CC[NH+](CC=C)Cc1ccc(-c2nc(CC(=O)[O-])cs2)cc1. The van der Waals surface area contributed by atoms with Crippen LogP contribution in [0.1, 0.15) is 11.3 Å². The fourth-order valence-corrected chi connectivity index (χ4v) is 3.18. The number of hydrogen-bond donors (Lipinski definition) is 1. The molecule has 0 saturated carbocycles. The van der Waals surface area contributed by atoms with Crippen LogP contribution in [0.4, 0.5) is 0 Å². The van der Waals surface area contributed by atoms with Crippen molar-refractivity contribution in [2.24, 2.45) is 0 Å². The Balaban J connectivity index is 2.06. The highest BCUT2D eigenvalue weighted by Crippen LogP contribution is 2.24. The predicted molar refractivity (Wildman–Crippen MR) is 91.1 cm³/mol. The third kappa shape index (κ3) is 5.16. The molecule has 1 N–H and O–H groups in total. The molecule has 0 saturated heterocycles. The Bertz CT molecular complexity index is 667.